The van der Waals surface area contributed by atoms with Crippen LogP contribution in [-0.4, -0.2) is 12.1 Å². The second kappa shape index (κ2) is 12.2. The highest BCUT2D eigenvalue weighted by Gasteiger charge is 2.10. The molecule has 0 radical (unpaired) electrons. The number of aryl methyl sites for hydroxylation is 1. The fourth-order valence-corrected chi connectivity index (χ4v) is 2.60. The molecule has 1 rings (SSSR count). The maximum atomic E-state index is 11.9. The number of benzene rings is 1. The van der Waals surface area contributed by atoms with E-state index in [1.165, 1.54) is 56.9 Å². The van der Waals surface area contributed by atoms with E-state index in [9.17, 15) is 4.79 Å². The molecule has 0 aliphatic carbocycles. The van der Waals surface area contributed by atoms with Crippen molar-refractivity contribution in [2.45, 2.75) is 91.1 Å². The molecular weight excluding hydrogens is 284 g/mol. The third kappa shape index (κ3) is 8.78. The van der Waals surface area contributed by atoms with Gasteiger partial charge in [-0.1, -0.05) is 70.9 Å². The van der Waals surface area contributed by atoms with E-state index in [0.717, 1.165) is 12.8 Å². The van der Waals surface area contributed by atoms with E-state index in [1.807, 2.05) is 26.0 Å². The van der Waals surface area contributed by atoms with Crippen LogP contribution in [0.15, 0.2) is 24.3 Å². The van der Waals surface area contributed by atoms with Gasteiger partial charge in [0.1, 0.15) is 0 Å². The van der Waals surface area contributed by atoms with E-state index in [4.69, 9.17) is 4.74 Å². The van der Waals surface area contributed by atoms with Crippen LogP contribution in [0.2, 0.25) is 0 Å². The first-order chi connectivity index (χ1) is 11.2. The first kappa shape index (κ1) is 19.7. The lowest BCUT2D eigenvalue weighted by Gasteiger charge is -2.11. The number of carbonyl (C=O) groups is 1. The van der Waals surface area contributed by atoms with Crippen molar-refractivity contribution in [1.29, 1.82) is 0 Å². The van der Waals surface area contributed by atoms with Gasteiger partial charge in [0.25, 0.3) is 0 Å². The molecule has 1 unspecified atom stereocenters. The van der Waals surface area contributed by atoms with E-state index in [1.54, 1.807) is 0 Å². The molecule has 0 aliphatic rings. The van der Waals surface area contributed by atoms with Gasteiger partial charge < -0.3 is 4.74 Å². The molecule has 1 aromatic carbocycles. The first-order valence-corrected chi connectivity index (χ1v) is 9.47. The average Bonchev–Trinajstić information content (AvgIpc) is 2.57. The summed E-state index contributed by atoms with van der Waals surface area (Å²) in [6, 6.07) is 7.92. The molecule has 0 bridgehead atoms. The Kier molecular flexibility index (Phi) is 10.4. The van der Waals surface area contributed by atoms with Crippen molar-refractivity contribution >= 4 is 5.97 Å². The van der Waals surface area contributed by atoms with Gasteiger partial charge in [-0.05, 0) is 43.9 Å². The fourth-order valence-electron chi connectivity index (χ4n) is 2.60. The van der Waals surface area contributed by atoms with Crippen LogP contribution >= 0.6 is 0 Å². The summed E-state index contributed by atoms with van der Waals surface area (Å²) in [5.74, 6) is -0.210. The summed E-state index contributed by atoms with van der Waals surface area (Å²) in [5.41, 5.74) is 1.97. The molecule has 0 aromatic heterocycles. The van der Waals surface area contributed by atoms with Crippen molar-refractivity contribution in [1.82, 2.24) is 0 Å². The Labute approximate surface area is 142 Å². The molecule has 0 spiro atoms. The lowest BCUT2D eigenvalue weighted by Crippen LogP contribution is -2.13. The summed E-state index contributed by atoms with van der Waals surface area (Å²) in [6.07, 6.45) is 12.7. The van der Waals surface area contributed by atoms with Gasteiger partial charge in [0.2, 0.25) is 0 Å². The molecule has 0 saturated carbocycles. The van der Waals surface area contributed by atoms with Crippen LogP contribution in [0.1, 0.15) is 94.5 Å². The second-order valence-electron chi connectivity index (χ2n) is 6.55. The van der Waals surface area contributed by atoms with Gasteiger partial charge in [0, 0.05) is 0 Å². The first-order valence-electron chi connectivity index (χ1n) is 9.47. The minimum atomic E-state index is -0.210. The number of carbonyl (C=O) groups excluding carboxylic acids is 1. The third-order valence-electron chi connectivity index (χ3n) is 4.39. The molecular formula is C21H34O2. The molecule has 1 aromatic rings. The largest absolute Gasteiger partial charge is 0.459 e. The van der Waals surface area contributed by atoms with Gasteiger partial charge >= 0.3 is 5.97 Å². The van der Waals surface area contributed by atoms with Crippen LogP contribution in [0.25, 0.3) is 0 Å². The highest BCUT2D eigenvalue weighted by Crippen LogP contribution is 2.13. The van der Waals surface area contributed by atoms with Crippen molar-refractivity contribution in [2.75, 3.05) is 0 Å². The fraction of sp³-hybridized carbons (Fsp3) is 0.667. The molecule has 130 valence electrons. The van der Waals surface area contributed by atoms with E-state index in [0.29, 0.717) is 5.56 Å². The normalized spacial score (nSPS) is 12.1. The van der Waals surface area contributed by atoms with Crippen molar-refractivity contribution in [3.8, 4) is 0 Å². The van der Waals surface area contributed by atoms with Crippen molar-refractivity contribution in [3.05, 3.63) is 35.4 Å². The van der Waals surface area contributed by atoms with Crippen LogP contribution < -0.4 is 0 Å². The highest BCUT2D eigenvalue weighted by molar-refractivity contribution is 5.89. The molecule has 2 nitrogen and oxygen atoms in total. The Balaban J connectivity index is 2.20. The van der Waals surface area contributed by atoms with Crippen LogP contribution in [0.5, 0.6) is 0 Å². The van der Waals surface area contributed by atoms with Gasteiger partial charge in [-0.3, -0.25) is 0 Å². The Morgan fingerprint density at radius 2 is 1.48 bits per heavy atom. The zero-order valence-electron chi connectivity index (χ0n) is 15.3. The van der Waals surface area contributed by atoms with Crippen molar-refractivity contribution < 1.29 is 9.53 Å². The number of rotatable bonds is 12. The van der Waals surface area contributed by atoms with Gasteiger partial charge in [-0.2, -0.15) is 0 Å². The molecule has 1 atom stereocenters. The van der Waals surface area contributed by atoms with E-state index in [2.05, 4.69) is 19.1 Å². The number of ether oxygens (including phenoxy) is 1. The summed E-state index contributed by atoms with van der Waals surface area (Å²) < 4.78 is 5.34. The van der Waals surface area contributed by atoms with E-state index in [-0.39, 0.29) is 12.1 Å². The standard InChI is InChI=1S/C21H34O2/c1-4-6-7-8-9-10-11-12-13-19-14-16-20(17-15-19)21(22)23-18(3)5-2/h14-18H,4-13H2,1-3H3. The molecule has 0 aliphatic heterocycles. The SMILES string of the molecule is CCCCCCCCCCc1ccc(C(=O)OC(C)CC)cc1. The summed E-state index contributed by atoms with van der Waals surface area (Å²) in [5, 5.41) is 0. The van der Waals surface area contributed by atoms with Crippen LogP contribution in [-0.2, 0) is 11.2 Å². The van der Waals surface area contributed by atoms with Crippen molar-refractivity contribution in [2.24, 2.45) is 0 Å². The Morgan fingerprint density at radius 1 is 0.913 bits per heavy atom. The summed E-state index contributed by atoms with van der Waals surface area (Å²) >= 11 is 0. The molecule has 23 heavy (non-hydrogen) atoms. The maximum absolute atomic E-state index is 11.9. The van der Waals surface area contributed by atoms with Crippen LogP contribution in [0.3, 0.4) is 0 Å². The predicted octanol–water partition coefficient (Wildman–Crippen LogP) is 6.33. The zero-order chi connectivity index (χ0) is 16.9. The molecule has 0 saturated heterocycles. The topological polar surface area (TPSA) is 26.3 Å². The van der Waals surface area contributed by atoms with Crippen LogP contribution in [0.4, 0.5) is 0 Å². The maximum Gasteiger partial charge on any atom is 0.338 e. The predicted molar refractivity (Wildman–Crippen MR) is 97.9 cm³/mol. The number of hydrogen-bond acceptors (Lipinski definition) is 2. The molecule has 0 heterocycles. The summed E-state index contributed by atoms with van der Waals surface area (Å²) in [4.78, 5) is 11.9. The third-order valence-corrected chi connectivity index (χ3v) is 4.39. The Hall–Kier alpha value is -1.31. The number of unbranched alkanes of at least 4 members (excludes halogenated alkanes) is 7. The lowest BCUT2D eigenvalue weighted by molar-refractivity contribution is 0.0334. The number of esters is 1. The summed E-state index contributed by atoms with van der Waals surface area (Å²) in [7, 11) is 0. The molecule has 0 amide bonds. The quantitative estimate of drug-likeness (QED) is 0.333. The van der Waals surface area contributed by atoms with Crippen LogP contribution in [0, 0.1) is 0 Å². The van der Waals surface area contributed by atoms with Gasteiger partial charge in [-0.15, -0.1) is 0 Å². The Morgan fingerprint density at radius 3 is 2.04 bits per heavy atom. The molecule has 2 heteroatoms. The van der Waals surface area contributed by atoms with E-state index >= 15 is 0 Å². The monoisotopic (exact) mass is 318 g/mol. The second-order valence-corrected chi connectivity index (χ2v) is 6.55. The molecule has 0 fully saturated rings. The molecule has 0 N–H and O–H groups in total. The highest BCUT2D eigenvalue weighted by atomic mass is 16.5. The smallest absolute Gasteiger partial charge is 0.338 e. The Bertz CT molecular complexity index is 422. The average molecular weight is 319 g/mol. The number of hydrogen-bond donors (Lipinski definition) is 0. The van der Waals surface area contributed by atoms with Crippen molar-refractivity contribution in [3.63, 3.8) is 0 Å². The lowest BCUT2D eigenvalue weighted by atomic mass is 10.0. The minimum absolute atomic E-state index is 0.0143. The minimum Gasteiger partial charge on any atom is -0.459 e. The van der Waals surface area contributed by atoms with Gasteiger partial charge in [0.15, 0.2) is 0 Å². The zero-order valence-corrected chi connectivity index (χ0v) is 15.3. The van der Waals surface area contributed by atoms with Gasteiger partial charge in [-0.25, -0.2) is 4.79 Å². The van der Waals surface area contributed by atoms with E-state index < -0.39 is 0 Å². The van der Waals surface area contributed by atoms with Gasteiger partial charge in [0.05, 0.1) is 11.7 Å². The summed E-state index contributed by atoms with van der Waals surface area (Å²) in [6.45, 7) is 6.20.